The number of rotatable bonds is 5. The summed E-state index contributed by atoms with van der Waals surface area (Å²) in [6, 6.07) is 13.1. The molecular formula is C18H18N6O. The highest BCUT2D eigenvalue weighted by molar-refractivity contribution is 6.04. The number of nitrogens with zero attached hydrogens (tertiary/aromatic N) is 4. The Morgan fingerprint density at radius 1 is 1.20 bits per heavy atom. The molecule has 0 saturated heterocycles. The summed E-state index contributed by atoms with van der Waals surface area (Å²) >= 11 is 0. The molecular weight excluding hydrogens is 316 g/mol. The average molecular weight is 334 g/mol. The van der Waals surface area contributed by atoms with Crippen molar-refractivity contribution >= 4 is 22.5 Å². The first-order valence-electron chi connectivity index (χ1n) is 8.31. The predicted molar refractivity (Wildman–Crippen MR) is 94.2 cm³/mol. The molecule has 1 amide bonds. The van der Waals surface area contributed by atoms with Crippen LogP contribution in [0.1, 0.15) is 42.1 Å². The Labute approximate surface area is 144 Å². The van der Waals surface area contributed by atoms with Gasteiger partial charge in [0.1, 0.15) is 0 Å². The minimum absolute atomic E-state index is 0.219. The van der Waals surface area contributed by atoms with Crippen LogP contribution in [-0.2, 0) is 0 Å². The molecule has 0 aliphatic carbocycles. The molecule has 0 aliphatic heterocycles. The Hall–Kier alpha value is -3.22. The van der Waals surface area contributed by atoms with Crippen molar-refractivity contribution in [1.82, 2.24) is 30.1 Å². The maximum Gasteiger partial charge on any atom is 0.273 e. The van der Waals surface area contributed by atoms with Crippen LogP contribution < -0.4 is 5.32 Å². The van der Waals surface area contributed by atoms with Gasteiger partial charge in [-0.05, 0) is 24.6 Å². The van der Waals surface area contributed by atoms with Crippen LogP contribution in [0.5, 0.6) is 0 Å². The van der Waals surface area contributed by atoms with Gasteiger partial charge in [-0.25, -0.2) is 0 Å². The second-order valence-corrected chi connectivity index (χ2v) is 5.92. The monoisotopic (exact) mass is 334 g/mol. The quantitative estimate of drug-likeness (QED) is 0.587. The van der Waals surface area contributed by atoms with Crippen LogP contribution in [0, 0.1) is 0 Å². The van der Waals surface area contributed by atoms with Gasteiger partial charge in [-0.15, -0.1) is 10.2 Å². The Bertz CT molecular complexity index is 1030. The fourth-order valence-electron chi connectivity index (χ4n) is 3.02. The molecule has 7 nitrogen and oxygen atoms in total. The van der Waals surface area contributed by atoms with Gasteiger partial charge < -0.3 is 5.32 Å². The van der Waals surface area contributed by atoms with Gasteiger partial charge in [0.15, 0.2) is 17.2 Å². The maximum atomic E-state index is 12.8. The lowest BCUT2D eigenvalue weighted by Crippen LogP contribution is -2.30. The molecule has 2 N–H and O–H groups in total. The summed E-state index contributed by atoms with van der Waals surface area (Å²) in [5.74, 6) is 0.509. The summed E-state index contributed by atoms with van der Waals surface area (Å²) in [4.78, 5) is 12.8. The van der Waals surface area contributed by atoms with E-state index in [4.69, 9.17) is 0 Å². The number of nitrogens with one attached hydrogen (secondary N) is 2. The van der Waals surface area contributed by atoms with Crippen LogP contribution >= 0.6 is 0 Å². The van der Waals surface area contributed by atoms with Crippen LogP contribution in [0.4, 0.5) is 0 Å². The molecule has 1 atom stereocenters. The van der Waals surface area contributed by atoms with Gasteiger partial charge in [-0.3, -0.25) is 14.3 Å². The van der Waals surface area contributed by atoms with Crippen molar-refractivity contribution in [2.75, 3.05) is 0 Å². The topological polar surface area (TPSA) is 88.0 Å². The van der Waals surface area contributed by atoms with Crippen LogP contribution in [0.15, 0.2) is 48.7 Å². The van der Waals surface area contributed by atoms with Crippen molar-refractivity contribution in [1.29, 1.82) is 0 Å². The number of aromatic nitrogens is 5. The number of benzene rings is 1. The Morgan fingerprint density at radius 3 is 2.92 bits per heavy atom. The number of H-pyrrole nitrogens is 1. The second-order valence-electron chi connectivity index (χ2n) is 5.92. The first-order valence-corrected chi connectivity index (χ1v) is 8.31. The first kappa shape index (κ1) is 15.3. The number of hydrogen-bond acceptors (Lipinski definition) is 4. The summed E-state index contributed by atoms with van der Waals surface area (Å²) in [6.07, 6.45) is 3.58. The zero-order valence-electron chi connectivity index (χ0n) is 13.8. The number of carbonyl (C=O) groups is 1. The molecule has 0 bridgehead atoms. The Morgan fingerprint density at radius 2 is 2.04 bits per heavy atom. The van der Waals surface area contributed by atoms with E-state index in [1.807, 2.05) is 53.1 Å². The van der Waals surface area contributed by atoms with Gasteiger partial charge in [-0.2, -0.15) is 5.10 Å². The number of pyridine rings is 1. The largest absolute Gasteiger partial charge is 0.341 e. The van der Waals surface area contributed by atoms with Crippen molar-refractivity contribution in [2.24, 2.45) is 0 Å². The molecule has 0 saturated carbocycles. The molecule has 0 aliphatic rings. The van der Waals surface area contributed by atoms with Crippen molar-refractivity contribution in [3.8, 4) is 0 Å². The number of amides is 1. The summed E-state index contributed by atoms with van der Waals surface area (Å²) in [5, 5.41) is 19.4. The molecule has 1 unspecified atom stereocenters. The number of aromatic amines is 1. The van der Waals surface area contributed by atoms with Gasteiger partial charge >= 0.3 is 0 Å². The summed E-state index contributed by atoms with van der Waals surface area (Å²) in [6.45, 7) is 2.08. The molecule has 0 spiro atoms. The van der Waals surface area contributed by atoms with E-state index in [0.717, 1.165) is 35.2 Å². The molecule has 25 heavy (non-hydrogen) atoms. The van der Waals surface area contributed by atoms with Crippen molar-refractivity contribution < 1.29 is 4.79 Å². The van der Waals surface area contributed by atoms with E-state index in [1.54, 1.807) is 0 Å². The van der Waals surface area contributed by atoms with Crippen LogP contribution in [-0.4, -0.2) is 30.7 Å². The summed E-state index contributed by atoms with van der Waals surface area (Å²) in [7, 11) is 0. The first-order chi connectivity index (χ1) is 12.3. The van der Waals surface area contributed by atoms with E-state index in [2.05, 4.69) is 32.6 Å². The highest BCUT2D eigenvalue weighted by Crippen LogP contribution is 2.20. The van der Waals surface area contributed by atoms with E-state index >= 15 is 0 Å². The highest BCUT2D eigenvalue weighted by Gasteiger charge is 2.22. The van der Waals surface area contributed by atoms with Crippen LogP contribution in [0.3, 0.4) is 0 Å². The normalized spacial score (nSPS) is 12.5. The number of para-hydroxylation sites is 1. The minimum atomic E-state index is -0.231. The fourth-order valence-corrected chi connectivity index (χ4v) is 3.02. The van der Waals surface area contributed by atoms with Crippen LogP contribution in [0.25, 0.3) is 16.6 Å². The maximum absolute atomic E-state index is 12.8. The Balaban J connectivity index is 1.67. The third-order valence-electron chi connectivity index (χ3n) is 4.22. The van der Waals surface area contributed by atoms with Gasteiger partial charge in [-0.1, -0.05) is 37.6 Å². The molecule has 4 rings (SSSR count). The van der Waals surface area contributed by atoms with Gasteiger partial charge in [0.2, 0.25) is 0 Å². The van der Waals surface area contributed by atoms with E-state index in [1.165, 1.54) is 0 Å². The van der Waals surface area contributed by atoms with E-state index in [-0.39, 0.29) is 11.9 Å². The lowest BCUT2D eigenvalue weighted by atomic mass is 10.1. The van der Waals surface area contributed by atoms with E-state index in [9.17, 15) is 4.79 Å². The highest BCUT2D eigenvalue weighted by atomic mass is 16.2. The summed E-state index contributed by atoms with van der Waals surface area (Å²) in [5.41, 5.74) is 2.00. The average Bonchev–Trinajstić information content (AvgIpc) is 3.25. The number of carbonyl (C=O) groups excluding carboxylic acids is 1. The third kappa shape index (κ3) is 2.73. The van der Waals surface area contributed by atoms with Gasteiger partial charge in [0.05, 0.1) is 11.6 Å². The molecule has 0 fully saturated rings. The third-order valence-corrected chi connectivity index (χ3v) is 4.22. The minimum Gasteiger partial charge on any atom is -0.341 e. The predicted octanol–water partition coefficient (Wildman–Crippen LogP) is 2.88. The molecule has 7 heteroatoms. The van der Waals surface area contributed by atoms with E-state index in [0.29, 0.717) is 5.69 Å². The number of hydrogen-bond donors (Lipinski definition) is 2. The number of fused-ring (bicyclic) bond motifs is 2. The molecule has 3 aromatic heterocycles. The zero-order valence-corrected chi connectivity index (χ0v) is 13.8. The van der Waals surface area contributed by atoms with Crippen molar-refractivity contribution in [2.45, 2.75) is 25.8 Å². The van der Waals surface area contributed by atoms with Crippen molar-refractivity contribution in [3.05, 3.63) is 60.2 Å². The molecule has 3 heterocycles. The molecule has 0 radical (unpaired) electrons. The Kier molecular flexibility index (Phi) is 3.89. The van der Waals surface area contributed by atoms with Crippen molar-refractivity contribution in [3.63, 3.8) is 0 Å². The van der Waals surface area contributed by atoms with Crippen LogP contribution in [0.2, 0.25) is 0 Å². The standard InChI is InChI=1S/C18H18N6O/c1-2-7-14(17-23-21-15-10-5-6-11-24(15)17)19-18(25)16-12-8-3-4-9-13(12)20-22-16/h3-6,8-11,14H,2,7H2,1H3,(H,19,25)(H,20,22). The van der Waals surface area contributed by atoms with Gasteiger partial charge in [0.25, 0.3) is 5.91 Å². The smallest absolute Gasteiger partial charge is 0.273 e. The van der Waals surface area contributed by atoms with E-state index < -0.39 is 0 Å². The SMILES string of the molecule is CCCC(NC(=O)c1n[nH]c2ccccc12)c1nnc2ccccn12. The van der Waals surface area contributed by atoms with Gasteiger partial charge in [0, 0.05) is 11.6 Å². The molecule has 1 aromatic carbocycles. The second kappa shape index (κ2) is 6.35. The lowest BCUT2D eigenvalue weighted by molar-refractivity contribution is 0.0929. The zero-order chi connectivity index (χ0) is 17.2. The fraction of sp³-hybridized carbons (Fsp3) is 0.222. The summed E-state index contributed by atoms with van der Waals surface area (Å²) < 4.78 is 1.91. The molecule has 4 aromatic rings. The lowest BCUT2D eigenvalue weighted by Gasteiger charge is -2.16. The molecule has 126 valence electrons.